The lowest BCUT2D eigenvalue weighted by molar-refractivity contribution is -0.157. The maximum atomic E-state index is 12.0. The molecule has 0 bridgehead atoms. The molecule has 0 aliphatic heterocycles. The molecule has 1 aromatic rings. The zero-order chi connectivity index (χ0) is 14.8. The second-order valence-corrected chi connectivity index (χ2v) is 5.86. The van der Waals surface area contributed by atoms with Gasteiger partial charge in [-0.15, -0.1) is 0 Å². The molecule has 2 unspecified atom stereocenters. The van der Waals surface area contributed by atoms with Gasteiger partial charge in [0.25, 0.3) is 0 Å². The van der Waals surface area contributed by atoms with Crippen molar-refractivity contribution in [1.29, 1.82) is 0 Å². The first-order valence-corrected chi connectivity index (χ1v) is 6.68. The topological polar surface area (TPSA) is 70.1 Å². The van der Waals surface area contributed by atoms with E-state index in [1.807, 2.05) is 52.3 Å². The Morgan fingerprint density at radius 2 is 2.11 bits per heavy atom. The smallest absolute Gasteiger partial charge is 0.325 e. The summed E-state index contributed by atoms with van der Waals surface area (Å²) in [6.45, 7) is 11.4. The van der Waals surface area contributed by atoms with Gasteiger partial charge in [0.2, 0.25) is 0 Å². The van der Waals surface area contributed by atoms with Gasteiger partial charge >= 0.3 is 5.97 Å². The third-order valence-corrected chi connectivity index (χ3v) is 2.88. The van der Waals surface area contributed by atoms with Gasteiger partial charge in [0.1, 0.15) is 17.5 Å². The second kappa shape index (κ2) is 5.74. The van der Waals surface area contributed by atoms with Gasteiger partial charge in [0.15, 0.2) is 0 Å². The Kier molecular flexibility index (Phi) is 4.74. The Hall–Kier alpha value is -1.36. The third kappa shape index (κ3) is 4.06. The molecule has 5 heteroatoms. The first-order valence-electron chi connectivity index (χ1n) is 6.68. The molecule has 0 aliphatic rings. The van der Waals surface area contributed by atoms with E-state index in [9.17, 15) is 4.79 Å². The zero-order valence-corrected chi connectivity index (χ0v) is 12.7. The molecule has 5 nitrogen and oxygen atoms in total. The highest BCUT2D eigenvalue weighted by Gasteiger charge is 2.28. The molecule has 0 aromatic carbocycles. The molecule has 1 aromatic heterocycles. The van der Waals surface area contributed by atoms with E-state index in [2.05, 4.69) is 4.98 Å². The van der Waals surface area contributed by atoms with Crippen LogP contribution in [-0.4, -0.2) is 27.2 Å². The van der Waals surface area contributed by atoms with Crippen molar-refractivity contribution in [3.8, 4) is 0 Å². The number of nitrogens with zero attached hydrogens (tertiary/aromatic N) is 2. The van der Waals surface area contributed by atoms with Crippen LogP contribution < -0.4 is 5.73 Å². The summed E-state index contributed by atoms with van der Waals surface area (Å²) in [5.74, 6) is 0.553. The average Bonchev–Trinajstić information content (AvgIpc) is 2.66. The number of aryl methyl sites for hydroxylation is 2. The summed E-state index contributed by atoms with van der Waals surface area (Å²) < 4.78 is 7.29. The van der Waals surface area contributed by atoms with Crippen LogP contribution in [0.4, 0.5) is 0 Å². The van der Waals surface area contributed by atoms with Crippen molar-refractivity contribution in [3.63, 3.8) is 0 Å². The Morgan fingerprint density at radius 1 is 1.53 bits per heavy atom. The number of nitrogens with two attached hydrogens (primary N) is 1. The van der Waals surface area contributed by atoms with Gasteiger partial charge in [0.05, 0.1) is 11.7 Å². The molecule has 108 valence electrons. The molecule has 0 radical (unpaired) electrons. The van der Waals surface area contributed by atoms with E-state index in [-0.39, 0.29) is 12.0 Å². The highest BCUT2D eigenvalue weighted by atomic mass is 16.6. The fraction of sp³-hybridized carbons (Fsp3) is 0.714. The number of esters is 1. The fourth-order valence-electron chi connectivity index (χ4n) is 1.92. The summed E-state index contributed by atoms with van der Waals surface area (Å²) in [6, 6.07) is -0.871. The van der Waals surface area contributed by atoms with E-state index in [1.54, 1.807) is 0 Å². The van der Waals surface area contributed by atoms with E-state index in [4.69, 9.17) is 10.5 Å². The normalized spacial score (nSPS) is 15.1. The number of ether oxygens (including phenoxy) is 1. The van der Waals surface area contributed by atoms with Crippen LogP contribution in [0.3, 0.4) is 0 Å². The Morgan fingerprint density at radius 3 is 2.58 bits per heavy atom. The number of carbonyl (C=O) groups is 1. The Labute approximate surface area is 115 Å². The maximum Gasteiger partial charge on any atom is 0.325 e. The van der Waals surface area contributed by atoms with Crippen molar-refractivity contribution in [2.24, 2.45) is 5.73 Å². The number of carbonyl (C=O) groups excluding carboxylic acids is 1. The van der Waals surface area contributed by atoms with Crippen LogP contribution in [0.1, 0.15) is 52.2 Å². The van der Waals surface area contributed by atoms with Crippen LogP contribution in [0.15, 0.2) is 6.20 Å². The lowest BCUT2D eigenvalue weighted by Gasteiger charge is -2.26. The summed E-state index contributed by atoms with van der Waals surface area (Å²) in [5.41, 5.74) is 6.42. The largest absolute Gasteiger partial charge is 0.459 e. The molecule has 1 rings (SSSR count). The third-order valence-electron chi connectivity index (χ3n) is 2.88. The van der Waals surface area contributed by atoms with E-state index >= 15 is 0 Å². The van der Waals surface area contributed by atoms with E-state index < -0.39 is 11.6 Å². The molecule has 0 saturated heterocycles. The number of imidazole rings is 1. The van der Waals surface area contributed by atoms with Crippen molar-refractivity contribution in [1.82, 2.24) is 9.55 Å². The average molecular weight is 267 g/mol. The number of aromatic nitrogens is 2. The first kappa shape index (κ1) is 15.7. The minimum Gasteiger partial charge on any atom is -0.459 e. The van der Waals surface area contributed by atoms with Crippen LogP contribution in [0, 0.1) is 6.92 Å². The van der Waals surface area contributed by atoms with Crippen LogP contribution in [0.5, 0.6) is 0 Å². The monoisotopic (exact) mass is 267 g/mol. The van der Waals surface area contributed by atoms with Crippen molar-refractivity contribution >= 4 is 5.97 Å². The number of hydrogen-bond donors (Lipinski definition) is 1. The van der Waals surface area contributed by atoms with Gasteiger partial charge < -0.3 is 15.0 Å². The lowest BCUT2D eigenvalue weighted by Crippen LogP contribution is -2.42. The molecular formula is C14H25N3O2. The molecule has 19 heavy (non-hydrogen) atoms. The predicted molar refractivity (Wildman–Crippen MR) is 74.9 cm³/mol. The molecule has 0 saturated carbocycles. The van der Waals surface area contributed by atoms with Gasteiger partial charge in [-0.3, -0.25) is 4.79 Å². The molecule has 2 N–H and O–H groups in total. The highest BCUT2D eigenvalue weighted by Crippen LogP contribution is 2.18. The van der Waals surface area contributed by atoms with Gasteiger partial charge in [-0.1, -0.05) is 6.92 Å². The van der Waals surface area contributed by atoms with Gasteiger partial charge in [0, 0.05) is 12.6 Å². The number of rotatable bonds is 4. The zero-order valence-electron chi connectivity index (χ0n) is 12.7. The summed E-state index contributed by atoms with van der Waals surface area (Å²) in [4.78, 5) is 16.4. The van der Waals surface area contributed by atoms with Crippen molar-refractivity contribution in [2.45, 2.75) is 65.6 Å². The van der Waals surface area contributed by atoms with Crippen molar-refractivity contribution < 1.29 is 9.53 Å². The molecule has 0 fully saturated rings. The summed E-state index contributed by atoms with van der Waals surface area (Å²) in [5, 5.41) is 0. The Balaban J connectivity index is 2.87. The van der Waals surface area contributed by atoms with Crippen LogP contribution >= 0.6 is 0 Å². The standard InChI is InChI=1S/C14H25N3O2/c1-7-11-16-9(2)8-17(11)10(3)12(15)13(18)19-14(4,5)6/h8,10,12H,7,15H2,1-6H3. The molecular weight excluding hydrogens is 242 g/mol. The quantitative estimate of drug-likeness (QED) is 0.847. The minimum absolute atomic E-state index is 0.175. The van der Waals surface area contributed by atoms with E-state index in [1.165, 1.54) is 0 Å². The molecule has 1 heterocycles. The predicted octanol–water partition coefficient (Wildman–Crippen LogP) is 1.98. The molecule has 0 amide bonds. The second-order valence-electron chi connectivity index (χ2n) is 5.86. The van der Waals surface area contributed by atoms with E-state index in [0.717, 1.165) is 17.9 Å². The van der Waals surface area contributed by atoms with Crippen LogP contribution in [0.25, 0.3) is 0 Å². The Bertz CT molecular complexity index is 446. The van der Waals surface area contributed by atoms with Gasteiger partial charge in [-0.05, 0) is 34.6 Å². The van der Waals surface area contributed by atoms with Gasteiger partial charge in [-0.2, -0.15) is 0 Å². The molecule has 0 aliphatic carbocycles. The van der Waals surface area contributed by atoms with Crippen LogP contribution in [0.2, 0.25) is 0 Å². The first-order chi connectivity index (χ1) is 8.65. The fourth-order valence-corrected chi connectivity index (χ4v) is 1.92. The lowest BCUT2D eigenvalue weighted by atomic mass is 10.1. The minimum atomic E-state index is -0.696. The van der Waals surface area contributed by atoms with Crippen molar-refractivity contribution in [3.05, 3.63) is 17.7 Å². The molecule has 2 atom stereocenters. The maximum absolute atomic E-state index is 12.0. The SMILES string of the molecule is CCc1nc(C)cn1C(C)C(N)C(=O)OC(C)(C)C. The molecule has 0 spiro atoms. The summed E-state index contributed by atoms with van der Waals surface area (Å²) in [6.07, 6.45) is 2.73. The van der Waals surface area contributed by atoms with E-state index in [0.29, 0.717) is 0 Å². The summed E-state index contributed by atoms with van der Waals surface area (Å²) >= 11 is 0. The summed E-state index contributed by atoms with van der Waals surface area (Å²) in [7, 11) is 0. The van der Waals surface area contributed by atoms with Crippen LogP contribution in [-0.2, 0) is 16.0 Å². The highest BCUT2D eigenvalue weighted by molar-refractivity contribution is 5.76. The number of hydrogen-bond acceptors (Lipinski definition) is 4. The van der Waals surface area contributed by atoms with Gasteiger partial charge in [-0.25, -0.2) is 4.98 Å². The van der Waals surface area contributed by atoms with Crippen molar-refractivity contribution in [2.75, 3.05) is 0 Å².